The van der Waals surface area contributed by atoms with E-state index in [1.807, 2.05) is 50.2 Å². The van der Waals surface area contributed by atoms with Crippen molar-refractivity contribution >= 4 is 100 Å². The average Bonchev–Trinajstić information content (AvgIpc) is 4.09. The van der Waals surface area contributed by atoms with Crippen molar-refractivity contribution in [1.29, 1.82) is 0 Å². The summed E-state index contributed by atoms with van der Waals surface area (Å²) in [4.78, 5) is 58.2. The van der Waals surface area contributed by atoms with Crippen molar-refractivity contribution in [3.63, 3.8) is 0 Å². The lowest BCUT2D eigenvalue weighted by atomic mass is 9.80. The molecule has 0 spiro atoms. The number of halogens is 1. The highest BCUT2D eigenvalue weighted by atomic mass is 35.5. The molecule has 5 N–H and O–H groups in total. The number of rotatable bonds is 23. The van der Waals surface area contributed by atoms with Crippen LogP contribution in [0.2, 0.25) is 0 Å². The minimum absolute atomic E-state index is 0. The molecule has 440 valence electrons. The van der Waals surface area contributed by atoms with Crippen LogP contribution >= 0.6 is 36.0 Å². The second kappa shape index (κ2) is 32.3. The average molecular weight is 1200 g/mol. The van der Waals surface area contributed by atoms with E-state index < -0.39 is 43.0 Å². The van der Waals surface area contributed by atoms with Gasteiger partial charge in [0, 0.05) is 77.2 Å². The monoisotopic (exact) mass is 1200 g/mol. The number of unbranched alkanes of at least 4 members (excludes halogenated alkanes) is 2. The largest absolute Gasteiger partial charge is 0.467 e. The van der Waals surface area contributed by atoms with Gasteiger partial charge >= 0.3 is 11.9 Å². The fourth-order valence-corrected chi connectivity index (χ4v) is 12.9. The van der Waals surface area contributed by atoms with E-state index in [0.29, 0.717) is 69.5 Å². The van der Waals surface area contributed by atoms with Crippen LogP contribution in [-0.2, 0) is 51.6 Å². The number of nitrogens with one attached hydrogen (secondary N) is 3. The second-order valence-electron chi connectivity index (χ2n) is 21.0. The number of thiocarbonyl (C=S) groups is 2. The summed E-state index contributed by atoms with van der Waals surface area (Å²) >= 11 is 17.0. The number of amides is 1. The number of nitrogens with two attached hydrogens (primary N) is 1. The maximum absolute atomic E-state index is 12.8. The van der Waals surface area contributed by atoms with Crippen molar-refractivity contribution in [2.24, 2.45) is 10.8 Å². The van der Waals surface area contributed by atoms with Gasteiger partial charge in [0.25, 0.3) is 11.1 Å². The summed E-state index contributed by atoms with van der Waals surface area (Å²) in [6.07, 6.45) is 19.2. The number of hydrogen-bond acceptors (Lipinski definition) is 15. The van der Waals surface area contributed by atoms with E-state index in [1.54, 1.807) is 50.5 Å². The smallest absolute Gasteiger partial charge is 0.328 e. The predicted octanol–water partition coefficient (Wildman–Crippen LogP) is 10.5. The topological polar surface area (TPSA) is 243 Å². The normalized spacial score (nSPS) is 15.0. The molecule has 0 radical (unpaired) electrons. The number of benzene rings is 2. The maximum atomic E-state index is 12.8. The number of aryl methyl sites for hydroxylation is 4. The molecule has 4 aromatic rings. The number of carbonyl (C=O) groups is 4. The molecule has 6 rings (SSSR count). The first-order chi connectivity index (χ1) is 37.2. The third kappa shape index (κ3) is 21.8. The van der Waals surface area contributed by atoms with Crippen LogP contribution in [0.5, 0.6) is 0 Å². The molecule has 16 nitrogen and oxygen atoms in total. The number of esters is 2. The maximum Gasteiger partial charge on any atom is 0.328 e. The zero-order valence-corrected chi connectivity index (χ0v) is 50.9. The molecule has 21 heteroatoms. The van der Waals surface area contributed by atoms with Crippen LogP contribution in [-0.4, -0.2) is 110 Å². The molecule has 2 unspecified atom stereocenters. The summed E-state index contributed by atoms with van der Waals surface area (Å²) in [6.45, 7) is 7.29. The molecule has 0 aliphatic heterocycles. The van der Waals surface area contributed by atoms with Crippen LogP contribution in [0.15, 0.2) is 73.1 Å². The van der Waals surface area contributed by atoms with Gasteiger partial charge in [0.2, 0.25) is 0 Å². The fourth-order valence-electron chi connectivity index (χ4n) is 10.3. The molecule has 2 aliphatic carbocycles. The molecule has 2 aliphatic rings. The third-order valence-electron chi connectivity index (χ3n) is 14.7. The van der Waals surface area contributed by atoms with Crippen LogP contribution < -0.4 is 21.7 Å². The Morgan fingerprint density at radius 3 is 1.34 bits per heavy atom. The summed E-state index contributed by atoms with van der Waals surface area (Å²) in [5, 5.41) is 9.06. The number of methoxy groups -OCH3 is 2. The number of hydrogen-bond donors (Lipinski definition) is 4. The van der Waals surface area contributed by atoms with E-state index in [2.05, 4.69) is 25.9 Å². The van der Waals surface area contributed by atoms with E-state index in [-0.39, 0.29) is 41.6 Å². The Kier molecular flexibility index (Phi) is 27.8. The number of nitrogens with zero attached hydrogens (tertiary/aromatic N) is 2. The zero-order valence-electron chi connectivity index (χ0n) is 46.9. The van der Waals surface area contributed by atoms with Gasteiger partial charge in [0.15, 0.2) is 0 Å². The molecule has 2 saturated carbocycles. The quantitative estimate of drug-likeness (QED) is 0.0177. The van der Waals surface area contributed by atoms with E-state index in [0.717, 1.165) is 99.3 Å². The van der Waals surface area contributed by atoms with Gasteiger partial charge in [-0.3, -0.25) is 19.6 Å². The van der Waals surface area contributed by atoms with E-state index in [1.165, 1.54) is 26.7 Å². The molecule has 2 atom stereocenters. The highest BCUT2D eigenvalue weighted by Crippen LogP contribution is 2.44. The molecule has 1 amide bonds. The Morgan fingerprint density at radius 2 is 1.00 bits per heavy atom. The van der Waals surface area contributed by atoms with Gasteiger partial charge in [0.1, 0.15) is 31.8 Å². The minimum atomic E-state index is -2.99. The molecular formula is C59H83ClN6O10S4. The Hall–Kier alpha value is -5.41. The Morgan fingerprint density at radius 1 is 0.625 bits per heavy atom. The Balaban J connectivity index is 0.000000358. The van der Waals surface area contributed by atoms with Crippen LogP contribution in [0.1, 0.15) is 152 Å². The van der Waals surface area contributed by atoms with Crippen molar-refractivity contribution in [2.75, 3.05) is 49.3 Å². The molecule has 2 aromatic heterocycles. The second-order valence-corrected chi connectivity index (χ2v) is 26.7. The standard InChI is InChI=1S/C29H39N3O5S2.C21H32N2O4S2.C8H8ClNO.CH4/c1-20-13-17-30-21(2)25(20)26(33)31-23-11-9-22(10-12-23)19-24(27(34)37-3)32-28(38)29(14-5-6-15-29)16-7-8-18-39(4,35)36;1-27-19(24)18(15-16-7-9-17(22)10-8-16)23-20(28)21(11-3-4-12-21)13-5-6-14-29(2,25)26;1-5-3-4-10-6(2)7(5)8(9)11;/h9-13,17,24H,5-8,14-16,18-19H2,1-4H3,(H,31,33)(H,32,38);7-10,18H,3-6,11-15,22H2,1-2H3,(H,23,28);3-4H,1-2H3;1H4. The first kappa shape index (κ1) is 68.9. The summed E-state index contributed by atoms with van der Waals surface area (Å²) in [5.74, 6) is -0.600. The first-order valence-corrected chi connectivity index (χ1v) is 32.0. The third-order valence-corrected chi connectivity index (χ3v) is 18.1. The fraction of sp³-hybridized carbons (Fsp3) is 0.525. The number of aromatic nitrogens is 2. The van der Waals surface area contributed by atoms with Crippen LogP contribution in [0.25, 0.3) is 0 Å². The number of carbonyl (C=O) groups excluding carboxylic acids is 4. The van der Waals surface area contributed by atoms with Crippen molar-refractivity contribution in [3.8, 4) is 0 Å². The lowest BCUT2D eigenvalue weighted by molar-refractivity contribution is -0.143. The van der Waals surface area contributed by atoms with Crippen molar-refractivity contribution < 1.29 is 45.5 Å². The minimum Gasteiger partial charge on any atom is -0.467 e. The molecule has 2 heterocycles. The SMILES string of the molecule is C.COC(=O)C(Cc1ccc(N)cc1)NC(=S)C1(CCCCS(C)(=O)=O)CCCC1.COC(=O)C(Cc1ccc(NC(=O)c2c(C)ccnc2C)cc1)NC(=S)C1(CCCCS(C)(=O)=O)CCCC1.Cc1ccnc(C)c1C(=O)Cl. The molecule has 2 aromatic carbocycles. The summed E-state index contributed by atoms with van der Waals surface area (Å²) in [5.41, 5.74) is 12.7. The molecule has 2 fully saturated rings. The predicted molar refractivity (Wildman–Crippen MR) is 329 cm³/mol. The molecule has 0 bridgehead atoms. The van der Waals surface area contributed by atoms with Crippen LogP contribution in [0, 0.1) is 38.5 Å². The molecule has 80 heavy (non-hydrogen) atoms. The number of nitrogen functional groups attached to an aromatic ring is 1. The summed E-state index contributed by atoms with van der Waals surface area (Å²) in [6, 6.07) is 17.1. The highest BCUT2D eigenvalue weighted by Gasteiger charge is 2.40. The summed E-state index contributed by atoms with van der Waals surface area (Å²) < 4.78 is 55.9. The van der Waals surface area contributed by atoms with Gasteiger partial charge < -0.3 is 31.2 Å². The number of anilines is 2. The highest BCUT2D eigenvalue weighted by molar-refractivity contribution is 7.90. The Labute approximate surface area is 491 Å². The first-order valence-electron chi connectivity index (χ1n) is 26.6. The number of ether oxygens (including phenoxy) is 2. The summed E-state index contributed by atoms with van der Waals surface area (Å²) in [7, 11) is -3.21. The Bertz CT molecular complexity index is 2920. The number of sulfone groups is 2. The van der Waals surface area contributed by atoms with Gasteiger partial charge in [-0.1, -0.05) is 94.7 Å². The van der Waals surface area contributed by atoms with Gasteiger partial charge in [-0.2, -0.15) is 0 Å². The van der Waals surface area contributed by atoms with E-state index in [4.69, 9.17) is 51.2 Å². The van der Waals surface area contributed by atoms with Crippen LogP contribution in [0.4, 0.5) is 11.4 Å². The lowest BCUT2D eigenvalue weighted by Crippen LogP contribution is -2.48. The van der Waals surface area contributed by atoms with Crippen molar-refractivity contribution in [2.45, 2.75) is 150 Å². The van der Waals surface area contributed by atoms with Gasteiger partial charge in [0.05, 0.1) is 41.0 Å². The van der Waals surface area contributed by atoms with Crippen molar-refractivity contribution in [3.05, 3.63) is 118 Å². The lowest BCUT2D eigenvalue weighted by Gasteiger charge is -2.33. The van der Waals surface area contributed by atoms with Gasteiger partial charge in [-0.15, -0.1) is 0 Å². The molecular weight excluding hydrogens is 1120 g/mol. The van der Waals surface area contributed by atoms with Crippen molar-refractivity contribution in [1.82, 2.24) is 20.6 Å². The zero-order chi connectivity index (χ0) is 58.6. The number of pyridine rings is 2. The van der Waals surface area contributed by atoms with E-state index >= 15 is 0 Å². The van der Waals surface area contributed by atoms with Crippen LogP contribution in [0.3, 0.4) is 0 Å². The van der Waals surface area contributed by atoms with Gasteiger partial charge in [-0.25, -0.2) is 26.4 Å². The molecule has 0 saturated heterocycles. The van der Waals surface area contributed by atoms with E-state index in [9.17, 15) is 36.0 Å². The van der Waals surface area contributed by atoms with Gasteiger partial charge in [-0.05, 0) is 149 Å².